The van der Waals surface area contributed by atoms with Crippen molar-refractivity contribution in [3.63, 3.8) is 0 Å². The highest BCUT2D eigenvalue weighted by Gasteiger charge is 2.00. The van der Waals surface area contributed by atoms with Crippen LogP contribution in [0.25, 0.3) is 0 Å². The molecule has 1 atom stereocenters. The summed E-state index contributed by atoms with van der Waals surface area (Å²) in [4.78, 5) is 0. The van der Waals surface area contributed by atoms with Gasteiger partial charge in [-0.3, -0.25) is 0 Å². The highest BCUT2D eigenvalue weighted by molar-refractivity contribution is 5.38. The highest BCUT2D eigenvalue weighted by Crippen LogP contribution is 2.11. The van der Waals surface area contributed by atoms with Gasteiger partial charge in [-0.15, -0.1) is 0 Å². The Morgan fingerprint density at radius 2 is 2.00 bits per heavy atom. The molecule has 0 heterocycles. The molecule has 0 aliphatic heterocycles. The molecule has 0 aromatic heterocycles. The van der Waals surface area contributed by atoms with Gasteiger partial charge in [0.1, 0.15) is 12.4 Å². The van der Waals surface area contributed by atoms with E-state index in [-0.39, 0.29) is 6.10 Å². The summed E-state index contributed by atoms with van der Waals surface area (Å²) in [5, 5.41) is 0. The molecule has 0 aliphatic carbocycles. The predicted molar refractivity (Wildman–Crippen MR) is 64.3 cm³/mol. The lowest BCUT2D eigenvalue weighted by atomic mass is 10.2. The largest absolute Gasteiger partial charge is 0.491 e. The monoisotopic (exact) mass is 219 g/mol. The predicted octanol–water partition coefficient (Wildman–Crippen LogP) is 1.41. The van der Waals surface area contributed by atoms with Crippen LogP contribution in [0, 0.1) is 11.8 Å². The Hall–Kier alpha value is -1.50. The maximum atomic E-state index is 5.52. The Bertz CT molecular complexity index is 362. The zero-order valence-electron chi connectivity index (χ0n) is 9.69. The fourth-order valence-electron chi connectivity index (χ4n) is 1.07. The van der Waals surface area contributed by atoms with Gasteiger partial charge in [-0.25, -0.2) is 0 Å². The van der Waals surface area contributed by atoms with Crippen LogP contribution in [0.1, 0.15) is 12.5 Å². The summed E-state index contributed by atoms with van der Waals surface area (Å²) in [5.74, 6) is 6.57. The van der Waals surface area contributed by atoms with Gasteiger partial charge < -0.3 is 15.2 Å². The van der Waals surface area contributed by atoms with Crippen LogP contribution in [-0.2, 0) is 4.74 Å². The molecule has 0 bridgehead atoms. The molecule has 0 radical (unpaired) electrons. The van der Waals surface area contributed by atoms with E-state index in [0.29, 0.717) is 13.2 Å². The maximum absolute atomic E-state index is 5.52. The summed E-state index contributed by atoms with van der Waals surface area (Å²) in [6.45, 7) is 2.88. The summed E-state index contributed by atoms with van der Waals surface area (Å²) in [6.07, 6.45) is 0.0942. The van der Waals surface area contributed by atoms with E-state index in [0.717, 1.165) is 11.3 Å². The molecule has 1 aromatic rings. The molecule has 0 aliphatic rings. The van der Waals surface area contributed by atoms with E-state index in [9.17, 15) is 0 Å². The van der Waals surface area contributed by atoms with Crippen LogP contribution in [0.3, 0.4) is 0 Å². The van der Waals surface area contributed by atoms with Gasteiger partial charge in [0.2, 0.25) is 0 Å². The first kappa shape index (κ1) is 12.6. The Morgan fingerprint density at radius 1 is 1.31 bits per heavy atom. The lowest BCUT2D eigenvalue weighted by Gasteiger charge is -2.11. The fraction of sp³-hybridized carbons (Fsp3) is 0.385. The number of rotatable bonds is 4. The second-order valence-electron chi connectivity index (χ2n) is 3.39. The van der Waals surface area contributed by atoms with Crippen LogP contribution in [0.15, 0.2) is 24.3 Å². The van der Waals surface area contributed by atoms with E-state index in [1.165, 1.54) is 0 Å². The third kappa shape index (κ3) is 4.35. The number of nitrogens with two attached hydrogens (primary N) is 1. The number of ether oxygens (including phenoxy) is 2. The van der Waals surface area contributed by atoms with E-state index < -0.39 is 0 Å². The molecule has 0 saturated carbocycles. The lowest BCUT2D eigenvalue weighted by Crippen LogP contribution is -2.15. The molecular weight excluding hydrogens is 202 g/mol. The second kappa shape index (κ2) is 6.89. The third-order valence-electron chi connectivity index (χ3n) is 2.08. The Kier molecular flexibility index (Phi) is 5.41. The van der Waals surface area contributed by atoms with Gasteiger partial charge in [-0.1, -0.05) is 11.8 Å². The normalized spacial score (nSPS) is 11.4. The number of methoxy groups -OCH3 is 1. The average molecular weight is 219 g/mol. The molecule has 0 amide bonds. The molecule has 1 unspecified atom stereocenters. The van der Waals surface area contributed by atoms with E-state index in [1.54, 1.807) is 7.11 Å². The van der Waals surface area contributed by atoms with Crippen LogP contribution in [0.2, 0.25) is 0 Å². The topological polar surface area (TPSA) is 44.5 Å². The summed E-state index contributed by atoms with van der Waals surface area (Å²) in [6, 6.07) is 7.61. The quantitative estimate of drug-likeness (QED) is 0.779. The van der Waals surface area contributed by atoms with Crippen LogP contribution >= 0.6 is 0 Å². The smallest absolute Gasteiger partial charge is 0.119 e. The van der Waals surface area contributed by atoms with Gasteiger partial charge >= 0.3 is 0 Å². The van der Waals surface area contributed by atoms with Crippen LogP contribution in [0.4, 0.5) is 0 Å². The average Bonchev–Trinajstić information content (AvgIpc) is 2.34. The number of benzene rings is 1. The molecule has 3 nitrogen and oxygen atoms in total. The standard InChI is InChI=1S/C13H17NO2/c1-11(15-2)10-16-13-7-5-12(6-8-13)4-3-9-14/h5-8,11H,9-10,14H2,1-2H3. The van der Waals surface area contributed by atoms with Crippen molar-refractivity contribution in [1.29, 1.82) is 0 Å². The highest BCUT2D eigenvalue weighted by atomic mass is 16.5. The maximum Gasteiger partial charge on any atom is 0.119 e. The van der Waals surface area contributed by atoms with Gasteiger partial charge in [0, 0.05) is 12.7 Å². The van der Waals surface area contributed by atoms with Crippen molar-refractivity contribution in [2.75, 3.05) is 20.3 Å². The molecule has 0 fully saturated rings. The summed E-state index contributed by atoms with van der Waals surface area (Å²) in [5.41, 5.74) is 6.23. The summed E-state index contributed by atoms with van der Waals surface area (Å²) < 4.78 is 10.6. The minimum atomic E-state index is 0.0942. The fourth-order valence-corrected chi connectivity index (χ4v) is 1.07. The van der Waals surface area contributed by atoms with Crippen LogP contribution < -0.4 is 10.5 Å². The second-order valence-corrected chi connectivity index (χ2v) is 3.39. The summed E-state index contributed by atoms with van der Waals surface area (Å²) >= 11 is 0. The van der Waals surface area contributed by atoms with Gasteiger partial charge in [0.15, 0.2) is 0 Å². The molecule has 86 valence electrons. The van der Waals surface area contributed by atoms with E-state index in [1.807, 2.05) is 31.2 Å². The Balaban J connectivity index is 2.51. The number of hydrogen-bond donors (Lipinski definition) is 1. The zero-order chi connectivity index (χ0) is 11.8. The third-order valence-corrected chi connectivity index (χ3v) is 2.08. The lowest BCUT2D eigenvalue weighted by molar-refractivity contribution is 0.0717. The van der Waals surface area contributed by atoms with Crippen molar-refractivity contribution in [2.24, 2.45) is 5.73 Å². The van der Waals surface area contributed by atoms with Crippen molar-refractivity contribution in [3.8, 4) is 17.6 Å². The van der Waals surface area contributed by atoms with Gasteiger partial charge in [0.25, 0.3) is 0 Å². The van der Waals surface area contributed by atoms with Crippen LogP contribution in [0.5, 0.6) is 5.75 Å². The van der Waals surface area contributed by atoms with Crippen molar-refractivity contribution in [3.05, 3.63) is 29.8 Å². The van der Waals surface area contributed by atoms with Crippen molar-refractivity contribution in [1.82, 2.24) is 0 Å². The summed E-state index contributed by atoms with van der Waals surface area (Å²) in [7, 11) is 1.67. The minimum absolute atomic E-state index is 0.0942. The van der Waals surface area contributed by atoms with E-state index in [4.69, 9.17) is 15.2 Å². The van der Waals surface area contributed by atoms with Crippen molar-refractivity contribution < 1.29 is 9.47 Å². The molecule has 0 spiro atoms. The van der Waals surface area contributed by atoms with Gasteiger partial charge in [-0.05, 0) is 31.2 Å². The first-order valence-corrected chi connectivity index (χ1v) is 5.21. The van der Waals surface area contributed by atoms with E-state index in [2.05, 4.69) is 11.8 Å². The molecule has 3 heteroatoms. The zero-order valence-corrected chi connectivity index (χ0v) is 9.69. The van der Waals surface area contributed by atoms with Crippen molar-refractivity contribution >= 4 is 0 Å². The van der Waals surface area contributed by atoms with E-state index >= 15 is 0 Å². The SMILES string of the molecule is COC(C)COc1ccc(C#CCN)cc1. The first-order valence-electron chi connectivity index (χ1n) is 5.21. The Labute approximate surface area is 96.6 Å². The molecule has 0 saturated heterocycles. The molecule has 2 N–H and O–H groups in total. The molecule has 1 aromatic carbocycles. The minimum Gasteiger partial charge on any atom is -0.491 e. The van der Waals surface area contributed by atoms with Gasteiger partial charge in [-0.2, -0.15) is 0 Å². The van der Waals surface area contributed by atoms with Crippen LogP contribution in [-0.4, -0.2) is 26.4 Å². The molecule has 16 heavy (non-hydrogen) atoms. The Morgan fingerprint density at radius 3 is 2.56 bits per heavy atom. The molecular formula is C13H17NO2. The number of hydrogen-bond acceptors (Lipinski definition) is 3. The molecule has 1 rings (SSSR count). The van der Waals surface area contributed by atoms with Crippen molar-refractivity contribution in [2.45, 2.75) is 13.0 Å². The first-order chi connectivity index (χ1) is 7.76. The van der Waals surface area contributed by atoms with Gasteiger partial charge in [0.05, 0.1) is 12.6 Å².